The van der Waals surface area contributed by atoms with Crippen LogP contribution in [0.25, 0.3) is 0 Å². The lowest BCUT2D eigenvalue weighted by molar-refractivity contribution is -0.119. The van der Waals surface area contributed by atoms with Crippen molar-refractivity contribution in [1.82, 2.24) is 4.90 Å². The molecule has 0 aromatic heterocycles. The minimum Gasteiger partial charge on any atom is -0.308 e. The smallest absolute Gasteiger partial charge is 0.262 e. The second kappa shape index (κ2) is 8.83. The number of carbonyl (C=O) groups is 4. The minimum absolute atomic E-state index is 0.0889. The molecule has 2 aliphatic rings. The van der Waals surface area contributed by atoms with Gasteiger partial charge in [0.2, 0.25) is 11.8 Å². The number of anilines is 2. The van der Waals surface area contributed by atoms with Crippen molar-refractivity contribution in [1.29, 1.82) is 0 Å². The van der Waals surface area contributed by atoms with Crippen molar-refractivity contribution in [2.24, 2.45) is 0 Å². The lowest BCUT2D eigenvalue weighted by atomic mass is 9.89. The van der Waals surface area contributed by atoms with Crippen molar-refractivity contribution >= 4 is 35.0 Å². The van der Waals surface area contributed by atoms with Crippen LogP contribution in [0.3, 0.4) is 0 Å². The van der Waals surface area contributed by atoms with Gasteiger partial charge in [0.1, 0.15) is 6.54 Å². The Balaban J connectivity index is 1.47. The Hall–Kier alpha value is -4.26. The third-order valence-electron chi connectivity index (χ3n) is 6.69. The Bertz CT molecular complexity index is 1300. The van der Waals surface area contributed by atoms with Crippen LogP contribution in [0, 0.1) is 0 Å². The summed E-state index contributed by atoms with van der Waals surface area (Å²) in [5, 5.41) is 0. The summed E-state index contributed by atoms with van der Waals surface area (Å²) in [5.74, 6) is -1.34. The van der Waals surface area contributed by atoms with E-state index < -0.39 is 11.8 Å². The van der Waals surface area contributed by atoms with Crippen LogP contribution in [-0.2, 0) is 9.59 Å². The summed E-state index contributed by atoms with van der Waals surface area (Å²) in [7, 11) is 0. The summed E-state index contributed by atoms with van der Waals surface area (Å²) in [6, 6.07) is 23.1. The molecule has 3 aromatic carbocycles. The first kappa shape index (κ1) is 22.5. The summed E-state index contributed by atoms with van der Waals surface area (Å²) < 4.78 is 0. The number of nitrogens with zero attached hydrogens (tertiary/aromatic N) is 3. The van der Waals surface area contributed by atoms with E-state index in [4.69, 9.17) is 0 Å². The number of benzene rings is 3. The van der Waals surface area contributed by atoms with Crippen LogP contribution >= 0.6 is 0 Å². The zero-order valence-electron chi connectivity index (χ0n) is 19.5. The minimum atomic E-state index is -0.457. The molecular formula is C28H25N3O4. The van der Waals surface area contributed by atoms with E-state index in [1.54, 1.807) is 41.0 Å². The number of para-hydroxylation sites is 2. The SMILES string of the molecule is CC(=O)N(c1ccccc1)C1CC(C)N(C(=O)CN2C(=O)c3ccccc3C2=O)c2ccccc21. The first-order valence-electron chi connectivity index (χ1n) is 11.6. The van der Waals surface area contributed by atoms with Gasteiger partial charge in [0.25, 0.3) is 11.8 Å². The quantitative estimate of drug-likeness (QED) is 0.539. The molecule has 0 aliphatic carbocycles. The third kappa shape index (κ3) is 3.79. The predicted octanol–water partition coefficient (Wildman–Crippen LogP) is 4.20. The lowest BCUT2D eigenvalue weighted by Crippen LogP contribution is -2.51. The summed E-state index contributed by atoms with van der Waals surface area (Å²) in [6.45, 7) is 3.12. The average Bonchev–Trinajstić information content (AvgIpc) is 3.09. The van der Waals surface area contributed by atoms with Gasteiger partial charge in [-0.05, 0) is 49.2 Å². The fraction of sp³-hybridized carbons (Fsp3) is 0.214. The fourth-order valence-corrected chi connectivity index (χ4v) is 5.17. The van der Waals surface area contributed by atoms with Gasteiger partial charge in [-0.2, -0.15) is 0 Å². The number of carbonyl (C=O) groups excluding carboxylic acids is 4. The molecule has 2 heterocycles. The van der Waals surface area contributed by atoms with E-state index in [2.05, 4.69) is 0 Å². The van der Waals surface area contributed by atoms with Gasteiger partial charge in [-0.3, -0.25) is 24.1 Å². The Kier molecular flexibility index (Phi) is 5.68. The highest BCUT2D eigenvalue weighted by Crippen LogP contribution is 2.42. The van der Waals surface area contributed by atoms with E-state index in [1.807, 2.05) is 61.5 Å². The molecule has 0 spiro atoms. The summed E-state index contributed by atoms with van der Waals surface area (Å²) in [4.78, 5) is 56.4. The normalized spacial score (nSPS) is 18.8. The number of hydrogen-bond donors (Lipinski definition) is 0. The van der Waals surface area contributed by atoms with E-state index in [0.29, 0.717) is 23.2 Å². The first-order chi connectivity index (χ1) is 16.9. The molecule has 0 bridgehead atoms. The maximum Gasteiger partial charge on any atom is 0.262 e. The van der Waals surface area contributed by atoms with Crippen molar-refractivity contribution in [3.63, 3.8) is 0 Å². The van der Waals surface area contributed by atoms with Crippen LogP contribution in [-0.4, -0.2) is 41.1 Å². The topological polar surface area (TPSA) is 78.0 Å². The zero-order chi connectivity index (χ0) is 24.7. The first-order valence-corrected chi connectivity index (χ1v) is 11.6. The van der Waals surface area contributed by atoms with E-state index in [1.165, 1.54) is 0 Å². The van der Waals surface area contributed by atoms with Crippen molar-refractivity contribution < 1.29 is 19.2 Å². The second-order valence-electron chi connectivity index (χ2n) is 8.89. The fourth-order valence-electron chi connectivity index (χ4n) is 5.17. The summed E-state index contributed by atoms with van der Waals surface area (Å²) >= 11 is 0. The van der Waals surface area contributed by atoms with Crippen LogP contribution in [0.15, 0.2) is 78.9 Å². The molecule has 2 unspecified atom stereocenters. The largest absolute Gasteiger partial charge is 0.308 e. The molecule has 35 heavy (non-hydrogen) atoms. The highest BCUT2D eigenvalue weighted by Gasteiger charge is 2.41. The molecule has 0 radical (unpaired) electrons. The van der Waals surface area contributed by atoms with Crippen LogP contribution < -0.4 is 9.80 Å². The Labute approximate surface area is 203 Å². The molecule has 7 nitrogen and oxygen atoms in total. The molecule has 2 aliphatic heterocycles. The highest BCUT2D eigenvalue weighted by molar-refractivity contribution is 6.22. The highest BCUT2D eigenvalue weighted by atomic mass is 16.2. The Morgan fingerprint density at radius 2 is 1.43 bits per heavy atom. The molecule has 0 saturated heterocycles. The molecule has 3 aromatic rings. The van der Waals surface area contributed by atoms with E-state index in [0.717, 1.165) is 16.2 Å². The number of fused-ring (bicyclic) bond motifs is 2. The zero-order valence-corrected chi connectivity index (χ0v) is 19.5. The van der Waals surface area contributed by atoms with Gasteiger partial charge in [0.15, 0.2) is 0 Å². The second-order valence-corrected chi connectivity index (χ2v) is 8.89. The third-order valence-corrected chi connectivity index (χ3v) is 6.69. The van der Waals surface area contributed by atoms with Gasteiger partial charge < -0.3 is 9.80 Å². The molecule has 4 amide bonds. The maximum absolute atomic E-state index is 13.5. The van der Waals surface area contributed by atoms with Gasteiger partial charge >= 0.3 is 0 Å². The Morgan fingerprint density at radius 3 is 2.06 bits per heavy atom. The van der Waals surface area contributed by atoms with Gasteiger partial charge in [-0.1, -0.05) is 48.5 Å². The average molecular weight is 468 g/mol. The van der Waals surface area contributed by atoms with Gasteiger partial charge in [0, 0.05) is 24.3 Å². The molecule has 7 heteroatoms. The monoisotopic (exact) mass is 467 g/mol. The maximum atomic E-state index is 13.5. The van der Waals surface area contributed by atoms with Crippen molar-refractivity contribution in [3.05, 3.63) is 95.6 Å². The summed E-state index contributed by atoms with van der Waals surface area (Å²) in [5.41, 5.74) is 2.95. The molecule has 5 rings (SSSR count). The molecule has 0 saturated carbocycles. The van der Waals surface area contributed by atoms with Crippen molar-refractivity contribution in [3.8, 4) is 0 Å². The summed E-state index contributed by atoms with van der Waals surface area (Å²) in [6.07, 6.45) is 0.513. The molecule has 2 atom stereocenters. The van der Waals surface area contributed by atoms with Crippen molar-refractivity contribution in [2.45, 2.75) is 32.4 Å². The van der Waals surface area contributed by atoms with Crippen LogP contribution in [0.4, 0.5) is 11.4 Å². The lowest BCUT2D eigenvalue weighted by Gasteiger charge is -2.43. The number of rotatable bonds is 4. The molecular weight excluding hydrogens is 442 g/mol. The van der Waals surface area contributed by atoms with Gasteiger partial charge in [-0.15, -0.1) is 0 Å². The molecule has 0 N–H and O–H groups in total. The van der Waals surface area contributed by atoms with Crippen LogP contribution in [0.2, 0.25) is 0 Å². The van der Waals surface area contributed by atoms with Gasteiger partial charge in [-0.25, -0.2) is 0 Å². The number of amides is 4. The van der Waals surface area contributed by atoms with E-state index >= 15 is 0 Å². The van der Waals surface area contributed by atoms with Crippen molar-refractivity contribution in [2.75, 3.05) is 16.3 Å². The standard InChI is InChI=1S/C28H25N3O4/c1-18-16-25(31(19(2)32)20-10-4-3-5-11-20)23-14-8-9-15-24(23)30(18)26(33)17-29-27(34)21-12-6-7-13-22(21)28(29)35/h3-15,18,25H,16-17H2,1-2H3. The van der Waals surface area contributed by atoms with Gasteiger partial charge in [0.05, 0.1) is 17.2 Å². The van der Waals surface area contributed by atoms with E-state index in [9.17, 15) is 19.2 Å². The molecule has 0 fully saturated rings. The predicted molar refractivity (Wildman–Crippen MR) is 132 cm³/mol. The van der Waals surface area contributed by atoms with Crippen LogP contribution in [0.5, 0.6) is 0 Å². The number of hydrogen-bond acceptors (Lipinski definition) is 4. The van der Waals surface area contributed by atoms with E-state index in [-0.39, 0.29) is 30.4 Å². The number of imide groups is 1. The molecule has 176 valence electrons. The Morgan fingerprint density at radius 1 is 0.857 bits per heavy atom. The van der Waals surface area contributed by atoms with Crippen LogP contribution in [0.1, 0.15) is 52.6 Å².